The molecule has 4 rings (SSSR count). The molecule has 1 saturated heterocycles. The Kier molecular flexibility index (Phi) is 5.24. The Hall–Kier alpha value is -2.55. The molecule has 1 amide bonds. The second kappa shape index (κ2) is 7.70. The first-order valence-electron chi connectivity index (χ1n) is 9.70. The van der Waals surface area contributed by atoms with Crippen LogP contribution in [0.1, 0.15) is 52.8 Å². The zero-order valence-corrected chi connectivity index (χ0v) is 16.0. The van der Waals surface area contributed by atoms with E-state index in [-0.39, 0.29) is 23.9 Å². The topological polar surface area (TPSA) is 68.2 Å². The van der Waals surface area contributed by atoms with Gasteiger partial charge in [0.15, 0.2) is 6.04 Å². The van der Waals surface area contributed by atoms with Crippen LogP contribution in [-0.2, 0) is 4.74 Å². The molecule has 0 saturated carbocycles. The summed E-state index contributed by atoms with van der Waals surface area (Å²) in [5.41, 5.74) is 1.87. The molecule has 29 heavy (non-hydrogen) atoms. The molecule has 0 bridgehead atoms. The minimum atomic E-state index is -4.47. The van der Waals surface area contributed by atoms with Crippen LogP contribution in [0.15, 0.2) is 30.5 Å². The van der Waals surface area contributed by atoms with Gasteiger partial charge < -0.3 is 15.4 Å². The number of ether oxygens (including phenoxy) is 1. The number of nitrogens with zero attached hydrogens (tertiary/aromatic N) is 2. The molecule has 3 unspecified atom stereocenters. The molecule has 2 N–H and O–H groups in total. The second-order valence-electron chi connectivity index (χ2n) is 7.60. The summed E-state index contributed by atoms with van der Waals surface area (Å²) in [7, 11) is 0. The number of carbonyl (C=O) groups is 1. The molecular weight excluding hydrogens is 385 g/mol. The normalized spacial score (nSPS) is 24.1. The van der Waals surface area contributed by atoms with Crippen LogP contribution in [0.5, 0.6) is 0 Å². The highest BCUT2D eigenvalue weighted by Crippen LogP contribution is 2.44. The Morgan fingerprint density at radius 2 is 2.10 bits per heavy atom. The van der Waals surface area contributed by atoms with Crippen LogP contribution >= 0.6 is 0 Å². The molecule has 2 aliphatic heterocycles. The average Bonchev–Trinajstić information content (AvgIpc) is 3.35. The van der Waals surface area contributed by atoms with Gasteiger partial charge in [0.2, 0.25) is 0 Å². The lowest BCUT2D eigenvalue weighted by Crippen LogP contribution is -2.37. The highest BCUT2D eigenvalue weighted by Gasteiger charge is 2.47. The Morgan fingerprint density at radius 3 is 2.76 bits per heavy atom. The standard InChI is InChI=1S/C20H23F3N4O2/c1-12-4-6-13(7-5-12)16-9-17(20(21,22)23)27-18(26-16)15(11-25-27)19(28)24-10-14-3-2-8-29-14/h4-7,11,14,16-17,26H,2-3,8-10H2,1H3,(H,24,28). The zero-order chi connectivity index (χ0) is 20.6. The summed E-state index contributed by atoms with van der Waals surface area (Å²) in [6, 6.07) is 4.97. The van der Waals surface area contributed by atoms with Gasteiger partial charge in [-0.3, -0.25) is 4.79 Å². The summed E-state index contributed by atoms with van der Waals surface area (Å²) in [5, 5.41) is 9.74. The number of aromatic nitrogens is 2. The van der Waals surface area contributed by atoms with Crippen LogP contribution in [0.2, 0.25) is 0 Å². The fourth-order valence-electron chi connectivity index (χ4n) is 3.85. The Labute approximate surface area is 166 Å². The van der Waals surface area contributed by atoms with Crippen LogP contribution in [0.4, 0.5) is 19.0 Å². The second-order valence-corrected chi connectivity index (χ2v) is 7.60. The molecule has 1 fully saturated rings. The maximum Gasteiger partial charge on any atom is 0.410 e. The van der Waals surface area contributed by atoms with Crippen LogP contribution in [0.3, 0.4) is 0 Å². The molecule has 6 nitrogen and oxygen atoms in total. The van der Waals surface area contributed by atoms with E-state index < -0.39 is 24.2 Å². The number of halogens is 3. The van der Waals surface area contributed by atoms with Crippen LogP contribution in [-0.4, -0.2) is 41.1 Å². The summed E-state index contributed by atoms with van der Waals surface area (Å²) in [6.07, 6.45) is -1.73. The lowest BCUT2D eigenvalue weighted by atomic mass is 9.96. The number of carbonyl (C=O) groups excluding carboxylic acids is 1. The molecule has 1 aromatic heterocycles. The van der Waals surface area contributed by atoms with Crippen LogP contribution in [0.25, 0.3) is 0 Å². The Bertz CT molecular complexity index is 873. The highest BCUT2D eigenvalue weighted by molar-refractivity contribution is 5.98. The van der Waals surface area contributed by atoms with Crippen molar-refractivity contribution >= 4 is 11.7 Å². The number of rotatable bonds is 4. The van der Waals surface area contributed by atoms with E-state index in [1.54, 1.807) is 0 Å². The van der Waals surface area contributed by atoms with Crippen molar-refractivity contribution in [2.24, 2.45) is 0 Å². The van der Waals surface area contributed by atoms with Gasteiger partial charge in [-0.1, -0.05) is 29.8 Å². The molecular formula is C20H23F3N4O2. The first kappa shape index (κ1) is 19.8. The molecule has 3 atom stereocenters. The van der Waals surface area contributed by atoms with E-state index in [2.05, 4.69) is 15.7 Å². The molecule has 0 radical (unpaired) electrons. The van der Waals surface area contributed by atoms with Gasteiger partial charge in [0.05, 0.1) is 18.3 Å². The number of benzene rings is 1. The fraction of sp³-hybridized carbons (Fsp3) is 0.500. The molecule has 2 aromatic rings. The SMILES string of the molecule is Cc1ccc(C2CC(C(F)(F)F)n3ncc(C(=O)NCC4CCCO4)c3N2)cc1. The van der Waals surface area contributed by atoms with Crippen molar-refractivity contribution in [2.45, 2.75) is 50.6 Å². The van der Waals surface area contributed by atoms with Crippen molar-refractivity contribution < 1.29 is 22.7 Å². The third kappa shape index (κ3) is 4.10. The monoisotopic (exact) mass is 408 g/mol. The summed E-state index contributed by atoms with van der Waals surface area (Å²) >= 11 is 0. The summed E-state index contributed by atoms with van der Waals surface area (Å²) in [6.45, 7) is 2.91. The molecule has 0 spiro atoms. The third-order valence-electron chi connectivity index (χ3n) is 5.48. The van der Waals surface area contributed by atoms with E-state index in [0.29, 0.717) is 13.2 Å². The van der Waals surface area contributed by atoms with E-state index in [1.165, 1.54) is 6.20 Å². The van der Waals surface area contributed by atoms with Gasteiger partial charge in [-0.15, -0.1) is 0 Å². The van der Waals surface area contributed by atoms with E-state index in [0.717, 1.165) is 28.7 Å². The maximum absolute atomic E-state index is 13.7. The number of hydrogen-bond donors (Lipinski definition) is 2. The van der Waals surface area contributed by atoms with Gasteiger partial charge in [-0.25, -0.2) is 4.68 Å². The third-order valence-corrected chi connectivity index (χ3v) is 5.48. The minimum absolute atomic E-state index is 0.0541. The average molecular weight is 408 g/mol. The van der Waals surface area contributed by atoms with Gasteiger partial charge in [0, 0.05) is 19.6 Å². The zero-order valence-electron chi connectivity index (χ0n) is 16.0. The fourth-order valence-corrected chi connectivity index (χ4v) is 3.85. The first-order valence-corrected chi connectivity index (χ1v) is 9.70. The van der Waals surface area contributed by atoms with Gasteiger partial charge >= 0.3 is 6.18 Å². The Morgan fingerprint density at radius 1 is 1.34 bits per heavy atom. The summed E-state index contributed by atoms with van der Waals surface area (Å²) in [4.78, 5) is 12.6. The number of anilines is 1. The quantitative estimate of drug-likeness (QED) is 0.808. The Balaban J connectivity index is 1.60. The van der Waals surface area contributed by atoms with Crippen molar-refractivity contribution in [1.29, 1.82) is 0 Å². The van der Waals surface area contributed by atoms with Gasteiger partial charge in [0.1, 0.15) is 11.4 Å². The van der Waals surface area contributed by atoms with E-state index in [9.17, 15) is 18.0 Å². The van der Waals surface area contributed by atoms with Crippen LogP contribution < -0.4 is 10.6 Å². The lowest BCUT2D eigenvalue weighted by Gasteiger charge is -2.34. The molecule has 2 aliphatic rings. The summed E-state index contributed by atoms with van der Waals surface area (Å²) in [5.74, 6) is -0.367. The molecule has 3 heterocycles. The van der Waals surface area contributed by atoms with Crippen molar-refractivity contribution in [1.82, 2.24) is 15.1 Å². The lowest BCUT2D eigenvalue weighted by molar-refractivity contribution is -0.173. The van der Waals surface area contributed by atoms with Gasteiger partial charge in [-0.05, 0) is 25.3 Å². The number of aryl methyl sites for hydroxylation is 1. The molecule has 156 valence electrons. The van der Waals surface area contributed by atoms with E-state index in [1.807, 2.05) is 31.2 Å². The van der Waals surface area contributed by atoms with Crippen molar-refractivity contribution in [3.8, 4) is 0 Å². The largest absolute Gasteiger partial charge is 0.410 e. The highest BCUT2D eigenvalue weighted by atomic mass is 19.4. The van der Waals surface area contributed by atoms with E-state index in [4.69, 9.17) is 4.74 Å². The number of hydrogen-bond acceptors (Lipinski definition) is 4. The van der Waals surface area contributed by atoms with Crippen molar-refractivity contribution in [3.05, 3.63) is 47.2 Å². The predicted molar refractivity (Wildman–Crippen MR) is 101 cm³/mol. The maximum atomic E-state index is 13.7. The van der Waals surface area contributed by atoms with Crippen molar-refractivity contribution in [3.63, 3.8) is 0 Å². The molecule has 9 heteroatoms. The van der Waals surface area contributed by atoms with Gasteiger partial charge in [0.25, 0.3) is 5.91 Å². The molecule has 0 aliphatic carbocycles. The van der Waals surface area contributed by atoms with Crippen molar-refractivity contribution in [2.75, 3.05) is 18.5 Å². The number of nitrogens with one attached hydrogen (secondary N) is 2. The van der Waals surface area contributed by atoms with Gasteiger partial charge in [-0.2, -0.15) is 18.3 Å². The first-order chi connectivity index (χ1) is 13.8. The smallest absolute Gasteiger partial charge is 0.376 e. The number of amides is 1. The molecule has 1 aromatic carbocycles. The van der Waals surface area contributed by atoms with E-state index >= 15 is 0 Å². The number of fused-ring (bicyclic) bond motifs is 1. The number of alkyl halides is 3. The minimum Gasteiger partial charge on any atom is -0.376 e. The predicted octanol–water partition coefficient (Wildman–Crippen LogP) is 3.76. The van der Waals surface area contributed by atoms with Crippen LogP contribution in [0, 0.1) is 6.92 Å². The summed E-state index contributed by atoms with van der Waals surface area (Å²) < 4.78 is 47.6.